The fourth-order valence-corrected chi connectivity index (χ4v) is 1.77. The minimum absolute atomic E-state index is 0.254. The van der Waals surface area contributed by atoms with Crippen LogP contribution >= 0.6 is 27.3 Å². The summed E-state index contributed by atoms with van der Waals surface area (Å²) in [5.41, 5.74) is 5.39. The van der Waals surface area contributed by atoms with Gasteiger partial charge < -0.3 is 10.8 Å². The van der Waals surface area contributed by atoms with Crippen molar-refractivity contribution in [2.45, 2.75) is 0 Å². The Labute approximate surface area is 69.6 Å². The van der Waals surface area contributed by atoms with Crippen molar-refractivity contribution >= 4 is 38.2 Å². The average Bonchev–Trinajstić information content (AvgIpc) is 2.13. The van der Waals surface area contributed by atoms with Crippen LogP contribution in [-0.4, -0.2) is 11.1 Å². The van der Waals surface area contributed by atoms with Gasteiger partial charge in [-0.1, -0.05) is 0 Å². The maximum absolute atomic E-state index is 10.3. The number of hydrogen-bond acceptors (Lipinski definition) is 3. The molecule has 0 atom stereocenters. The van der Waals surface area contributed by atoms with Crippen LogP contribution in [0.5, 0.6) is 0 Å². The second kappa shape index (κ2) is 2.59. The normalized spacial score (nSPS) is 9.70. The Balaban J connectivity index is 3.10. The molecule has 54 valence electrons. The number of anilines is 1. The number of hydrogen-bond donors (Lipinski definition) is 2. The largest absolute Gasteiger partial charge is 0.477 e. The van der Waals surface area contributed by atoms with Gasteiger partial charge in [0.2, 0.25) is 0 Å². The van der Waals surface area contributed by atoms with Crippen molar-refractivity contribution in [1.29, 1.82) is 0 Å². The average molecular weight is 222 g/mol. The Kier molecular flexibility index (Phi) is 1.96. The number of nitrogen functional groups attached to an aromatic ring is 1. The SMILES string of the molecule is Nc1sc(C(=O)O)cc1Br. The van der Waals surface area contributed by atoms with Gasteiger partial charge in [-0.25, -0.2) is 4.79 Å². The van der Waals surface area contributed by atoms with Crippen molar-refractivity contribution in [3.8, 4) is 0 Å². The number of carboxylic acid groups (broad SMARTS) is 1. The van der Waals surface area contributed by atoms with Gasteiger partial charge >= 0.3 is 5.97 Å². The van der Waals surface area contributed by atoms with E-state index in [0.29, 0.717) is 9.47 Å². The Morgan fingerprint density at radius 2 is 2.40 bits per heavy atom. The van der Waals surface area contributed by atoms with E-state index < -0.39 is 5.97 Å². The molecule has 3 nitrogen and oxygen atoms in total. The van der Waals surface area contributed by atoms with Gasteiger partial charge in [0.1, 0.15) is 9.88 Å². The van der Waals surface area contributed by atoms with E-state index >= 15 is 0 Å². The number of rotatable bonds is 1. The third-order valence-corrected chi connectivity index (χ3v) is 2.79. The molecule has 1 heterocycles. The number of aromatic carboxylic acids is 1. The highest BCUT2D eigenvalue weighted by Crippen LogP contribution is 2.29. The van der Waals surface area contributed by atoms with Crippen molar-refractivity contribution < 1.29 is 9.90 Å². The zero-order chi connectivity index (χ0) is 7.72. The molecule has 0 spiro atoms. The van der Waals surface area contributed by atoms with E-state index in [1.807, 2.05) is 0 Å². The third-order valence-electron chi connectivity index (χ3n) is 0.924. The molecule has 1 aromatic heterocycles. The molecule has 0 radical (unpaired) electrons. The maximum Gasteiger partial charge on any atom is 0.345 e. The smallest absolute Gasteiger partial charge is 0.345 e. The van der Waals surface area contributed by atoms with Crippen molar-refractivity contribution in [3.63, 3.8) is 0 Å². The molecule has 5 heteroatoms. The molecule has 0 aromatic carbocycles. The molecule has 0 unspecified atom stereocenters. The molecule has 0 saturated carbocycles. The summed E-state index contributed by atoms with van der Waals surface area (Å²) in [4.78, 5) is 10.6. The van der Waals surface area contributed by atoms with Crippen LogP contribution in [0.4, 0.5) is 5.00 Å². The van der Waals surface area contributed by atoms with E-state index in [-0.39, 0.29) is 4.88 Å². The van der Waals surface area contributed by atoms with Crippen LogP contribution in [0.2, 0.25) is 0 Å². The zero-order valence-corrected chi connectivity index (χ0v) is 7.20. The highest BCUT2D eigenvalue weighted by atomic mass is 79.9. The van der Waals surface area contributed by atoms with Gasteiger partial charge in [-0.15, -0.1) is 11.3 Å². The molecule has 0 aliphatic rings. The topological polar surface area (TPSA) is 63.3 Å². The zero-order valence-electron chi connectivity index (χ0n) is 4.80. The number of nitrogens with two attached hydrogens (primary N) is 1. The Morgan fingerprint density at radius 1 is 1.80 bits per heavy atom. The molecule has 0 aliphatic heterocycles. The Bertz CT molecular complexity index is 251. The van der Waals surface area contributed by atoms with Crippen molar-refractivity contribution in [3.05, 3.63) is 15.4 Å². The monoisotopic (exact) mass is 221 g/mol. The van der Waals surface area contributed by atoms with E-state index in [2.05, 4.69) is 15.9 Å². The first-order valence-corrected chi connectivity index (χ1v) is 4.00. The van der Waals surface area contributed by atoms with Crippen molar-refractivity contribution in [2.75, 3.05) is 5.73 Å². The molecule has 1 aromatic rings. The van der Waals surface area contributed by atoms with Gasteiger partial charge in [0.25, 0.3) is 0 Å². The van der Waals surface area contributed by atoms with E-state index in [1.54, 1.807) is 0 Å². The molecule has 0 fully saturated rings. The van der Waals surface area contributed by atoms with E-state index in [1.165, 1.54) is 6.07 Å². The van der Waals surface area contributed by atoms with E-state index in [4.69, 9.17) is 10.8 Å². The van der Waals surface area contributed by atoms with Crippen LogP contribution in [0.25, 0.3) is 0 Å². The van der Waals surface area contributed by atoms with E-state index in [9.17, 15) is 4.79 Å². The lowest BCUT2D eigenvalue weighted by molar-refractivity contribution is 0.0702. The minimum Gasteiger partial charge on any atom is -0.477 e. The number of halogens is 1. The Hall–Kier alpha value is -0.550. The summed E-state index contributed by atoms with van der Waals surface area (Å²) in [6, 6.07) is 1.49. The first-order valence-electron chi connectivity index (χ1n) is 2.39. The summed E-state index contributed by atoms with van der Waals surface area (Å²) >= 11 is 4.16. The van der Waals surface area contributed by atoms with Gasteiger partial charge in [0.15, 0.2) is 0 Å². The quantitative estimate of drug-likeness (QED) is 0.761. The van der Waals surface area contributed by atoms with Crippen LogP contribution in [0.15, 0.2) is 10.5 Å². The second-order valence-electron chi connectivity index (χ2n) is 1.63. The summed E-state index contributed by atoms with van der Waals surface area (Å²) in [6.07, 6.45) is 0. The molecule has 1 rings (SSSR count). The van der Waals surface area contributed by atoms with Crippen LogP contribution in [0.1, 0.15) is 9.67 Å². The highest BCUT2D eigenvalue weighted by molar-refractivity contribution is 9.10. The van der Waals surface area contributed by atoms with Crippen LogP contribution < -0.4 is 5.73 Å². The summed E-state index contributed by atoms with van der Waals surface area (Å²) in [5, 5.41) is 8.95. The van der Waals surface area contributed by atoms with Crippen molar-refractivity contribution in [1.82, 2.24) is 0 Å². The lowest BCUT2D eigenvalue weighted by Crippen LogP contribution is -1.89. The molecule has 0 amide bonds. The first-order chi connectivity index (χ1) is 4.61. The molecular formula is C5H4BrNO2S. The molecule has 10 heavy (non-hydrogen) atoms. The Morgan fingerprint density at radius 3 is 2.60 bits per heavy atom. The lowest BCUT2D eigenvalue weighted by atomic mass is 10.5. The summed E-state index contributed by atoms with van der Waals surface area (Å²) in [5.74, 6) is -0.942. The van der Waals surface area contributed by atoms with Crippen LogP contribution in [-0.2, 0) is 0 Å². The van der Waals surface area contributed by atoms with Crippen LogP contribution in [0.3, 0.4) is 0 Å². The molecule has 0 bridgehead atoms. The number of carbonyl (C=O) groups is 1. The van der Waals surface area contributed by atoms with Gasteiger partial charge in [0, 0.05) is 0 Å². The standard InChI is InChI=1S/C5H4BrNO2S/c6-2-1-3(5(8)9)10-4(2)7/h1H,7H2,(H,8,9). The first kappa shape index (κ1) is 7.56. The van der Waals surface area contributed by atoms with E-state index in [0.717, 1.165) is 11.3 Å². The van der Waals surface area contributed by atoms with Gasteiger partial charge in [0.05, 0.1) is 4.47 Å². The summed E-state index contributed by atoms with van der Waals surface area (Å²) < 4.78 is 0.648. The van der Waals surface area contributed by atoms with Gasteiger partial charge in [-0.05, 0) is 22.0 Å². The fourth-order valence-electron chi connectivity index (χ4n) is 0.488. The molecule has 3 N–H and O–H groups in total. The van der Waals surface area contributed by atoms with Crippen molar-refractivity contribution in [2.24, 2.45) is 0 Å². The third kappa shape index (κ3) is 1.30. The number of carboxylic acids is 1. The molecule has 0 saturated heterocycles. The van der Waals surface area contributed by atoms with Gasteiger partial charge in [-0.3, -0.25) is 0 Å². The predicted molar refractivity (Wildman–Crippen MR) is 43.4 cm³/mol. The second-order valence-corrected chi connectivity index (χ2v) is 3.57. The summed E-state index contributed by atoms with van der Waals surface area (Å²) in [6.45, 7) is 0. The minimum atomic E-state index is -0.942. The molecular weight excluding hydrogens is 218 g/mol. The highest BCUT2D eigenvalue weighted by Gasteiger charge is 2.08. The summed E-state index contributed by atoms with van der Waals surface area (Å²) in [7, 11) is 0. The maximum atomic E-state index is 10.3. The number of thiophene rings is 1. The van der Waals surface area contributed by atoms with Crippen LogP contribution in [0, 0.1) is 0 Å². The fraction of sp³-hybridized carbons (Fsp3) is 0. The predicted octanol–water partition coefficient (Wildman–Crippen LogP) is 1.79. The lowest BCUT2D eigenvalue weighted by Gasteiger charge is -1.80. The molecule has 0 aliphatic carbocycles. The van der Waals surface area contributed by atoms with Gasteiger partial charge in [-0.2, -0.15) is 0 Å².